The fourth-order valence-corrected chi connectivity index (χ4v) is 2.90. The van der Waals surface area contributed by atoms with Crippen LogP contribution < -0.4 is 5.73 Å². The number of hydrogen-bond donors (Lipinski definition) is 1. The highest BCUT2D eigenvalue weighted by Crippen LogP contribution is 2.26. The van der Waals surface area contributed by atoms with Gasteiger partial charge in [-0.25, -0.2) is 4.98 Å². The first-order chi connectivity index (χ1) is 9.67. The minimum Gasteiger partial charge on any atom is -0.399 e. The van der Waals surface area contributed by atoms with Gasteiger partial charge in [-0.3, -0.25) is 0 Å². The van der Waals surface area contributed by atoms with Crippen molar-refractivity contribution in [2.75, 3.05) is 5.73 Å². The highest BCUT2D eigenvalue weighted by Gasteiger charge is 2.14. The van der Waals surface area contributed by atoms with Crippen LogP contribution in [0.4, 0.5) is 5.69 Å². The molecule has 110 valence electrons. The summed E-state index contributed by atoms with van der Waals surface area (Å²) in [5.41, 5.74) is 8.91. The van der Waals surface area contributed by atoms with Crippen molar-refractivity contribution < 1.29 is 0 Å². The topological polar surface area (TPSA) is 43.8 Å². The van der Waals surface area contributed by atoms with Gasteiger partial charge < -0.3 is 10.3 Å². The van der Waals surface area contributed by atoms with Crippen molar-refractivity contribution in [3.63, 3.8) is 0 Å². The van der Waals surface area contributed by atoms with Gasteiger partial charge in [0.2, 0.25) is 0 Å². The van der Waals surface area contributed by atoms with Crippen LogP contribution in [0.3, 0.4) is 0 Å². The average Bonchev–Trinajstić information content (AvgIpc) is 2.80. The molecule has 0 aliphatic rings. The van der Waals surface area contributed by atoms with Gasteiger partial charge in [0.25, 0.3) is 0 Å². The van der Waals surface area contributed by atoms with Crippen LogP contribution in [0.2, 0.25) is 0 Å². The number of imidazole rings is 1. The number of unbranched alkanes of at least 4 members (excludes halogenated alkanes) is 3. The Balaban J connectivity index is 2.22. The van der Waals surface area contributed by atoms with E-state index in [1.54, 1.807) is 0 Å². The molecule has 1 heterocycles. The summed E-state index contributed by atoms with van der Waals surface area (Å²) < 4.78 is 2.40. The van der Waals surface area contributed by atoms with E-state index in [-0.39, 0.29) is 0 Å². The number of nitrogens with zero attached hydrogens (tertiary/aromatic N) is 2. The number of benzene rings is 1. The molecule has 0 amide bonds. The molecule has 3 heteroatoms. The fourth-order valence-electron chi connectivity index (χ4n) is 2.90. The monoisotopic (exact) mass is 273 g/mol. The quantitative estimate of drug-likeness (QED) is 0.586. The Morgan fingerprint density at radius 2 is 2.00 bits per heavy atom. The second kappa shape index (κ2) is 6.78. The lowest BCUT2D eigenvalue weighted by atomic mass is 10.1. The van der Waals surface area contributed by atoms with E-state index in [4.69, 9.17) is 10.7 Å². The Labute approximate surface area is 122 Å². The lowest BCUT2D eigenvalue weighted by Crippen LogP contribution is -2.09. The third-order valence-electron chi connectivity index (χ3n) is 4.02. The normalized spacial score (nSPS) is 12.9. The summed E-state index contributed by atoms with van der Waals surface area (Å²) in [7, 11) is 0. The minimum atomic E-state index is 0.510. The molecule has 0 saturated carbocycles. The lowest BCUT2D eigenvalue weighted by molar-refractivity contribution is 0.469. The Hall–Kier alpha value is -1.51. The maximum absolute atomic E-state index is 5.87. The maximum Gasteiger partial charge on any atom is 0.109 e. The summed E-state index contributed by atoms with van der Waals surface area (Å²) in [6.07, 6.45) is 7.46. The first-order valence-corrected chi connectivity index (χ1v) is 7.93. The van der Waals surface area contributed by atoms with Crippen LogP contribution in [-0.4, -0.2) is 9.55 Å². The van der Waals surface area contributed by atoms with Crippen LogP contribution in [-0.2, 0) is 6.42 Å². The maximum atomic E-state index is 5.87. The van der Waals surface area contributed by atoms with Crippen molar-refractivity contribution in [3.05, 3.63) is 24.0 Å². The number of fused-ring (bicyclic) bond motifs is 1. The Morgan fingerprint density at radius 3 is 2.70 bits per heavy atom. The zero-order valence-corrected chi connectivity index (χ0v) is 13.0. The zero-order valence-electron chi connectivity index (χ0n) is 13.0. The molecule has 1 aromatic carbocycles. The van der Waals surface area contributed by atoms with E-state index in [0.29, 0.717) is 6.04 Å². The van der Waals surface area contributed by atoms with Gasteiger partial charge in [0.1, 0.15) is 5.82 Å². The molecule has 3 nitrogen and oxygen atoms in total. The van der Waals surface area contributed by atoms with Crippen molar-refractivity contribution >= 4 is 16.7 Å². The van der Waals surface area contributed by atoms with Crippen molar-refractivity contribution in [3.8, 4) is 0 Å². The molecule has 0 spiro atoms. The van der Waals surface area contributed by atoms with Crippen LogP contribution >= 0.6 is 0 Å². The second-order valence-electron chi connectivity index (χ2n) is 5.70. The number of nitrogen functional groups attached to an aromatic ring is 1. The summed E-state index contributed by atoms with van der Waals surface area (Å²) in [6, 6.07) is 6.58. The largest absolute Gasteiger partial charge is 0.399 e. The van der Waals surface area contributed by atoms with E-state index in [9.17, 15) is 0 Å². The zero-order chi connectivity index (χ0) is 14.5. The Kier molecular flexibility index (Phi) is 5.05. The van der Waals surface area contributed by atoms with Crippen LogP contribution in [0, 0.1) is 0 Å². The highest BCUT2D eigenvalue weighted by molar-refractivity contribution is 5.79. The number of rotatable bonds is 7. The standard InChI is InChI=1S/C17H27N3/c1-4-6-7-8-9-13(3)20-16-11-10-14(18)12-15(16)19-17(20)5-2/h10-13H,4-9,18H2,1-3H3. The SMILES string of the molecule is CCCCCCC(C)n1c(CC)nc2cc(N)ccc21. The smallest absolute Gasteiger partial charge is 0.109 e. The molecule has 0 radical (unpaired) electrons. The molecule has 0 aliphatic heterocycles. The molecule has 2 aromatic rings. The Morgan fingerprint density at radius 1 is 1.20 bits per heavy atom. The highest BCUT2D eigenvalue weighted by atomic mass is 15.1. The van der Waals surface area contributed by atoms with Gasteiger partial charge in [0.05, 0.1) is 11.0 Å². The molecular weight excluding hydrogens is 246 g/mol. The van der Waals surface area contributed by atoms with Crippen molar-refractivity contribution in [2.45, 2.75) is 65.3 Å². The molecule has 20 heavy (non-hydrogen) atoms. The van der Waals surface area contributed by atoms with Gasteiger partial charge in [0, 0.05) is 18.2 Å². The van der Waals surface area contributed by atoms with E-state index in [0.717, 1.165) is 17.6 Å². The van der Waals surface area contributed by atoms with Crippen LogP contribution in [0.5, 0.6) is 0 Å². The molecule has 1 unspecified atom stereocenters. The number of anilines is 1. The van der Waals surface area contributed by atoms with E-state index < -0.39 is 0 Å². The van der Waals surface area contributed by atoms with Crippen molar-refractivity contribution in [1.29, 1.82) is 0 Å². The fraction of sp³-hybridized carbons (Fsp3) is 0.588. The molecule has 1 atom stereocenters. The molecule has 1 aromatic heterocycles. The predicted molar refractivity (Wildman–Crippen MR) is 87.0 cm³/mol. The van der Waals surface area contributed by atoms with Gasteiger partial charge in [-0.05, 0) is 31.5 Å². The third-order valence-corrected chi connectivity index (χ3v) is 4.02. The van der Waals surface area contributed by atoms with E-state index >= 15 is 0 Å². The minimum absolute atomic E-state index is 0.510. The summed E-state index contributed by atoms with van der Waals surface area (Å²) in [5, 5.41) is 0. The molecule has 0 saturated heterocycles. The number of aryl methyl sites for hydroxylation is 1. The lowest BCUT2D eigenvalue weighted by Gasteiger charge is -2.17. The average molecular weight is 273 g/mol. The Bertz CT molecular complexity index is 557. The number of hydrogen-bond acceptors (Lipinski definition) is 2. The second-order valence-corrected chi connectivity index (χ2v) is 5.70. The van der Waals surface area contributed by atoms with Crippen molar-refractivity contribution in [1.82, 2.24) is 9.55 Å². The predicted octanol–water partition coefficient (Wildman–Crippen LogP) is 4.71. The summed E-state index contributed by atoms with van der Waals surface area (Å²) in [6.45, 7) is 6.74. The first kappa shape index (κ1) is 14.9. The molecule has 2 rings (SSSR count). The van der Waals surface area contributed by atoms with Gasteiger partial charge >= 0.3 is 0 Å². The van der Waals surface area contributed by atoms with E-state index in [2.05, 4.69) is 31.4 Å². The summed E-state index contributed by atoms with van der Waals surface area (Å²) in [4.78, 5) is 4.74. The van der Waals surface area contributed by atoms with Gasteiger partial charge in [-0.2, -0.15) is 0 Å². The van der Waals surface area contributed by atoms with Gasteiger partial charge in [-0.15, -0.1) is 0 Å². The van der Waals surface area contributed by atoms with Crippen LogP contribution in [0.25, 0.3) is 11.0 Å². The van der Waals surface area contributed by atoms with Gasteiger partial charge in [0.15, 0.2) is 0 Å². The van der Waals surface area contributed by atoms with E-state index in [1.807, 2.05) is 12.1 Å². The van der Waals surface area contributed by atoms with E-state index in [1.165, 1.54) is 43.4 Å². The molecule has 2 N–H and O–H groups in total. The molecule has 0 bridgehead atoms. The molecule has 0 aliphatic carbocycles. The molecular formula is C17H27N3. The van der Waals surface area contributed by atoms with Gasteiger partial charge in [-0.1, -0.05) is 39.5 Å². The molecule has 0 fully saturated rings. The van der Waals surface area contributed by atoms with Crippen LogP contribution in [0.15, 0.2) is 18.2 Å². The third kappa shape index (κ3) is 3.14. The van der Waals surface area contributed by atoms with Crippen LogP contribution in [0.1, 0.15) is 64.7 Å². The number of nitrogens with two attached hydrogens (primary N) is 1. The summed E-state index contributed by atoms with van der Waals surface area (Å²) in [5.74, 6) is 1.17. The first-order valence-electron chi connectivity index (χ1n) is 7.93. The summed E-state index contributed by atoms with van der Waals surface area (Å²) >= 11 is 0. The number of aromatic nitrogens is 2. The van der Waals surface area contributed by atoms with Crippen molar-refractivity contribution in [2.24, 2.45) is 0 Å².